The van der Waals surface area contributed by atoms with Crippen molar-refractivity contribution in [2.24, 2.45) is 0 Å². The standard InChI is InChI=1S/C22H25N7O5/c1-14-13-19(28(26-14)16-3-5-17(6-4-16)29(32)33)24-20(30)8-7-18-15(2)23-22(25-21(18)31)27-9-11-34-12-10-27/h3-6,13H,7-12H2,1-2H3,(H,24,30)(H,23,25,31). The van der Waals surface area contributed by atoms with Crippen LogP contribution in [0, 0.1) is 24.0 Å². The minimum Gasteiger partial charge on any atom is -0.378 e. The van der Waals surface area contributed by atoms with E-state index in [9.17, 15) is 19.7 Å². The molecule has 1 aliphatic rings. The van der Waals surface area contributed by atoms with Gasteiger partial charge in [-0.05, 0) is 32.4 Å². The smallest absolute Gasteiger partial charge is 0.269 e. The maximum atomic E-state index is 12.7. The number of nitrogens with zero attached hydrogens (tertiary/aromatic N) is 5. The Kier molecular flexibility index (Phi) is 6.68. The van der Waals surface area contributed by atoms with Crippen LogP contribution in [0.1, 0.15) is 23.4 Å². The lowest BCUT2D eigenvalue weighted by atomic mass is 10.1. The van der Waals surface area contributed by atoms with Crippen LogP contribution >= 0.6 is 0 Å². The van der Waals surface area contributed by atoms with Crippen LogP contribution in [0.2, 0.25) is 0 Å². The lowest BCUT2D eigenvalue weighted by Crippen LogP contribution is -2.38. The second-order valence-electron chi connectivity index (χ2n) is 7.96. The Morgan fingerprint density at radius 2 is 1.94 bits per heavy atom. The molecule has 4 rings (SSSR count). The van der Waals surface area contributed by atoms with Crippen LogP contribution in [0.15, 0.2) is 35.1 Å². The number of nitro groups is 1. The second kappa shape index (κ2) is 9.83. The quantitative estimate of drug-likeness (QED) is 0.395. The number of morpholine rings is 1. The summed E-state index contributed by atoms with van der Waals surface area (Å²) >= 11 is 0. The molecule has 1 saturated heterocycles. The fourth-order valence-electron chi connectivity index (χ4n) is 3.76. The van der Waals surface area contributed by atoms with Crippen molar-refractivity contribution >= 4 is 23.4 Å². The number of carbonyl (C=O) groups is 1. The number of aryl methyl sites for hydroxylation is 2. The van der Waals surface area contributed by atoms with Gasteiger partial charge in [-0.3, -0.25) is 24.7 Å². The molecule has 0 aliphatic carbocycles. The van der Waals surface area contributed by atoms with E-state index in [1.807, 2.05) is 4.90 Å². The molecule has 12 heteroatoms. The Bertz CT molecular complexity index is 1260. The molecule has 3 heterocycles. The zero-order valence-electron chi connectivity index (χ0n) is 18.9. The molecule has 1 amide bonds. The zero-order valence-corrected chi connectivity index (χ0v) is 18.9. The number of hydrogen-bond acceptors (Lipinski definition) is 8. The number of nitrogens with one attached hydrogen (secondary N) is 2. The van der Waals surface area contributed by atoms with Crippen molar-refractivity contribution in [1.82, 2.24) is 19.7 Å². The van der Waals surface area contributed by atoms with Gasteiger partial charge in [-0.1, -0.05) is 0 Å². The zero-order chi connectivity index (χ0) is 24.2. The SMILES string of the molecule is Cc1cc(NC(=O)CCc2c(C)nc(N3CCOCC3)[nH]c2=O)n(-c2ccc([N+](=O)[O-])cc2)n1. The summed E-state index contributed by atoms with van der Waals surface area (Å²) in [6.45, 7) is 6.03. The van der Waals surface area contributed by atoms with Gasteiger partial charge in [0.05, 0.1) is 29.5 Å². The van der Waals surface area contributed by atoms with Gasteiger partial charge >= 0.3 is 0 Å². The molecule has 0 unspecified atom stereocenters. The third-order valence-electron chi connectivity index (χ3n) is 5.53. The molecule has 12 nitrogen and oxygen atoms in total. The fraction of sp³-hybridized carbons (Fsp3) is 0.364. The number of carbonyl (C=O) groups excluding carboxylic acids is 1. The van der Waals surface area contributed by atoms with E-state index < -0.39 is 4.92 Å². The van der Waals surface area contributed by atoms with Gasteiger partial charge in [0.15, 0.2) is 0 Å². The molecule has 0 bridgehead atoms. The predicted octanol–water partition coefficient (Wildman–Crippen LogP) is 1.89. The summed E-state index contributed by atoms with van der Waals surface area (Å²) in [5.41, 5.74) is 2.01. The fourth-order valence-corrected chi connectivity index (χ4v) is 3.76. The molecule has 34 heavy (non-hydrogen) atoms. The number of benzene rings is 1. The van der Waals surface area contributed by atoms with Crippen molar-refractivity contribution in [2.45, 2.75) is 26.7 Å². The highest BCUT2D eigenvalue weighted by molar-refractivity contribution is 5.90. The molecule has 1 aromatic carbocycles. The molecule has 0 saturated carbocycles. The number of ether oxygens (including phenoxy) is 1. The highest BCUT2D eigenvalue weighted by atomic mass is 16.6. The maximum Gasteiger partial charge on any atom is 0.269 e. The van der Waals surface area contributed by atoms with E-state index in [1.54, 1.807) is 32.0 Å². The maximum absolute atomic E-state index is 12.7. The number of hydrogen-bond donors (Lipinski definition) is 2. The summed E-state index contributed by atoms with van der Waals surface area (Å²) in [7, 11) is 0. The van der Waals surface area contributed by atoms with E-state index in [1.165, 1.54) is 16.8 Å². The highest BCUT2D eigenvalue weighted by Gasteiger charge is 2.18. The van der Waals surface area contributed by atoms with Gasteiger partial charge in [0.25, 0.3) is 11.2 Å². The van der Waals surface area contributed by atoms with Gasteiger partial charge in [-0.2, -0.15) is 5.10 Å². The van der Waals surface area contributed by atoms with E-state index in [0.717, 1.165) is 0 Å². The van der Waals surface area contributed by atoms with Gasteiger partial charge in [0.1, 0.15) is 5.82 Å². The van der Waals surface area contributed by atoms with Crippen molar-refractivity contribution in [3.63, 3.8) is 0 Å². The summed E-state index contributed by atoms with van der Waals surface area (Å²) in [5, 5.41) is 18.1. The first-order valence-electron chi connectivity index (χ1n) is 10.9. The topological polar surface area (TPSA) is 148 Å². The lowest BCUT2D eigenvalue weighted by Gasteiger charge is -2.27. The summed E-state index contributed by atoms with van der Waals surface area (Å²) in [6.07, 6.45) is 0.307. The highest BCUT2D eigenvalue weighted by Crippen LogP contribution is 2.20. The van der Waals surface area contributed by atoms with Crippen LogP contribution < -0.4 is 15.8 Å². The normalized spacial score (nSPS) is 13.6. The number of amides is 1. The summed E-state index contributed by atoms with van der Waals surface area (Å²) in [6, 6.07) is 7.58. The van der Waals surface area contributed by atoms with E-state index in [4.69, 9.17) is 4.74 Å². The minimum atomic E-state index is -0.479. The van der Waals surface area contributed by atoms with E-state index in [2.05, 4.69) is 20.4 Å². The predicted molar refractivity (Wildman–Crippen MR) is 125 cm³/mol. The lowest BCUT2D eigenvalue weighted by molar-refractivity contribution is -0.384. The first kappa shape index (κ1) is 23.1. The summed E-state index contributed by atoms with van der Waals surface area (Å²) < 4.78 is 6.84. The molecule has 1 aliphatic heterocycles. The average Bonchev–Trinajstić information content (AvgIpc) is 3.18. The number of H-pyrrole nitrogens is 1. The molecule has 0 radical (unpaired) electrons. The van der Waals surface area contributed by atoms with Gasteiger partial charge in [-0.25, -0.2) is 9.67 Å². The minimum absolute atomic E-state index is 0.0351. The van der Waals surface area contributed by atoms with E-state index in [-0.39, 0.29) is 30.0 Å². The van der Waals surface area contributed by atoms with Crippen LogP contribution in [0.3, 0.4) is 0 Å². The second-order valence-corrected chi connectivity index (χ2v) is 7.96. The molecular formula is C22H25N7O5. The number of nitro benzene ring substituents is 1. The van der Waals surface area contributed by atoms with Gasteiger partial charge < -0.3 is 15.0 Å². The number of rotatable bonds is 7. The van der Waals surface area contributed by atoms with Crippen molar-refractivity contribution in [3.05, 3.63) is 67.8 Å². The first-order valence-corrected chi connectivity index (χ1v) is 10.9. The Morgan fingerprint density at radius 3 is 2.59 bits per heavy atom. The van der Waals surface area contributed by atoms with Crippen LogP contribution in [0.5, 0.6) is 0 Å². The Balaban J connectivity index is 1.44. The summed E-state index contributed by atoms with van der Waals surface area (Å²) in [5.74, 6) is 0.656. The van der Waals surface area contributed by atoms with Crippen LogP contribution in [-0.2, 0) is 16.0 Å². The van der Waals surface area contributed by atoms with Crippen LogP contribution in [-0.4, -0.2) is 56.9 Å². The summed E-state index contributed by atoms with van der Waals surface area (Å²) in [4.78, 5) is 45.0. The van der Waals surface area contributed by atoms with Gasteiger partial charge in [-0.15, -0.1) is 0 Å². The number of aromatic amines is 1. The molecule has 0 atom stereocenters. The monoisotopic (exact) mass is 467 g/mol. The Morgan fingerprint density at radius 1 is 1.24 bits per heavy atom. The van der Waals surface area contributed by atoms with Crippen molar-refractivity contribution in [3.8, 4) is 5.69 Å². The Labute approximate surface area is 194 Å². The van der Waals surface area contributed by atoms with Crippen molar-refractivity contribution in [2.75, 3.05) is 36.5 Å². The van der Waals surface area contributed by atoms with E-state index in [0.29, 0.717) is 60.7 Å². The largest absolute Gasteiger partial charge is 0.378 e. The third kappa shape index (κ3) is 5.12. The average molecular weight is 467 g/mol. The van der Waals surface area contributed by atoms with Crippen molar-refractivity contribution in [1.29, 1.82) is 0 Å². The Hall–Kier alpha value is -4.06. The molecule has 0 spiro atoms. The van der Waals surface area contributed by atoms with Gasteiger partial charge in [0, 0.05) is 49.0 Å². The third-order valence-corrected chi connectivity index (χ3v) is 5.53. The van der Waals surface area contributed by atoms with Gasteiger partial charge in [0.2, 0.25) is 11.9 Å². The van der Waals surface area contributed by atoms with Crippen LogP contribution in [0.4, 0.5) is 17.5 Å². The molecular weight excluding hydrogens is 442 g/mol. The van der Waals surface area contributed by atoms with E-state index >= 15 is 0 Å². The van der Waals surface area contributed by atoms with Crippen molar-refractivity contribution < 1.29 is 14.5 Å². The first-order chi connectivity index (χ1) is 16.3. The molecule has 3 aromatic rings. The molecule has 1 fully saturated rings. The molecule has 2 N–H and O–H groups in total. The number of anilines is 2. The number of aromatic nitrogens is 4. The van der Waals surface area contributed by atoms with Crippen LogP contribution in [0.25, 0.3) is 5.69 Å². The molecule has 2 aromatic heterocycles. The molecule has 178 valence electrons. The number of non-ortho nitro benzene ring substituents is 1.